The minimum Gasteiger partial charge on any atom is -0.383 e. The van der Waals surface area contributed by atoms with Crippen LogP contribution in [0.1, 0.15) is 30.6 Å². The van der Waals surface area contributed by atoms with Gasteiger partial charge in [0.15, 0.2) is 0 Å². The van der Waals surface area contributed by atoms with Gasteiger partial charge >= 0.3 is 0 Å². The third kappa shape index (κ3) is 2.77. The van der Waals surface area contributed by atoms with Crippen molar-refractivity contribution in [1.29, 1.82) is 0 Å². The number of pyridine rings is 1. The van der Waals surface area contributed by atoms with Gasteiger partial charge < -0.3 is 11.1 Å². The summed E-state index contributed by atoms with van der Waals surface area (Å²) in [6.07, 6.45) is 2.75. The molecule has 92 valence electrons. The van der Waals surface area contributed by atoms with Crippen molar-refractivity contribution < 1.29 is 4.79 Å². The van der Waals surface area contributed by atoms with E-state index in [0.717, 1.165) is 4.47 Å². The van der Waals surface area contributed by atoms with Crippen molar-refractivity contribution in [1.82, 2.24) is 10.3 Å². The Hall–Kier alpha value is -1.10. The Labute approximate surface area is 109 Å². The molecule has 0 aromatic carbocycles. The average Bonchev–Trinajstić information content (AvgIpc) is 2.87. The number of hydrogen-bond donors (Lipinski definition) is 2. The van der Waals surface area contributed by atoms with E-state index in [1.807, 2.05) is 0 Å². The van der Waals surface area contributed by atoms with Crippen molar-refractivity contribution in [3.05, 3.63) is 22.3 Å². The van der Waals surface area contributed by atoms with Gasteiger partial charge in [0.2, 0.25) is 0 Å². The van der Waals surface area contributed by atoms with Crippen LogP contribution < -0.4 is 11.1 Å². The Morgan fingerprint density at radius 3 is 2.94 bits per heavy atom. The van der Waals surface area contributed by atoms with Gasteiger partial charge in [-0.05, 0) is 39.8 Å². The largest absolute Gasteiger partial charge is 0.383 e. The minimum atomic E-state index is -0.154. The first-order valence-electron chi connectivity index (χ1n) is 5.59. The van der Waals surface area contributed by atoms with E-state index in [2.05, 4.69) is 40.1 Å². The Bertz CT molecular complexity index is 459. The summed E-state index contributed by atoms with van der Waals surface area (Å²) in [4.78, 5) is 15.9. The zero-order valence-electron chi connectivity index (χ0n) is 9.96. The quantitative estimate of drug-likeness (QED) is 0.899. The summed E-state index contributed by atoms with van der Waals surface area (Å²) in [5, 5.41) is 2.90. The summed E-state index contributed by atoms with van der Waals surface area (Å²) in [5.74, 6) is 0.688. The zero-order valence-corrected chi connectivity index (χ0v) is 11.5. The van der Waals surface area contributed by atoms with Gasteiger partial charge in [-0.1, -0.05) is 13.8 Å². The van der Waals surface area contributed by atoms with Crippen LogP contribution in [0.5, 0.6) is 0 Å². The lowest BCUT2D eigenvalue weighted by Crippen LogP contribution is -2.27. The Morgan fingerprint density at radius 1 is 1.71 bits per heavy atom. The molecule has 0 radical (unpaired) electrons. The number of nitrogens with two attached hydrogens (primary N) is 1. The highest BCUT2D eigenvalue weighted by Gasteiger charge is 2.45. The normalized spacial score (nSPS) is 21.0. The van der Waals surface area contributed by atoms with Crippen LogP contribution in [-0.4, -0.2) is 17.4 Å². The molecule has 17 heavy (non-hydrogen) atoms. The predicted molar refractivity (Wildman–Crippen MR) is 70.6 cm³/mol. The molecule has 1 fully saturated rings. The maximum absolute atomic E-state index is 11.9. The fourth-order valence-electron chi connectivity index (χ4n) is 1.87. The van der Waals surface area contributed by atoms with E-state index in [9.17, 15) is 4.79 Å². The van der Waals surface area contributed by atoms with E-state index in [4.69, 9.17) is 5.73 Å². The first-order valence-corrected chi connectivity index (χ1v) is 6.38. The van der Waals surface area contributed by atoms with E-state index in [-0.39, 0.29) is 11.7 Å². The van der Waals surface area contributed by atoms with Gasteiger partial charge in [-0.2, -0.15) is 0 Å². The third-order valence-corrected chi connectivity index (χ3v) is 3.79. The number of amides is 1. The Morgan fingerprint density at radius 2 is 2.35 bits per heavy atom. The van der Waals surface area contributed by atoms with Gasteiger partial charge in [-0.3, -0.25) is 4.79 Å². The molecule has 0 aliphatic heterocycles. The maximum Gasteiger partial charge on any atom is 0.255 e. The van der Waals surface area contributed by atoms with E-state index in [0.29, 0.717) is 23.4 Å². The summed E-state index contributed by atoms with van der Waals surface area (Å²) < 4.78 is 0.753. The predicted octanol–water partition coefficient (Wildman–Crippen LogP) is 2.20. The van der Waals surface area contributed by atoms with Crippen molar-refractivity contribution in [2.45, 2.75) is 20.3 Å². The molecule has 1 atom stereocenters. The molecule has 1 aromatic rings. The number of nitrogens with one attached hydrogen (secondary N) is 1. The number of hydrogen-bond acceptors (Lipinski definition) is 3. The van der Waals surface area contributed by atoms with Crippen LogP contribution in [-0.2, 0) is 0 Å². The van der Waals surface area contributed by atoms with Crippen LogP contribution in [0.4, 0.5) is 5.82 Å². The highest BCUT2D eigenvalue weighted by atomic mass is 79.9. The van der Waals surface area contributed by atoms with Gasteiger partial charge in [0, 0.05) is 17.2 Å². The first-order chi connectivity index (χ1) is 7.90. The molecule has 1 aliphatic rings. The highest BCUT2D eigenvalue weighted by molar-refractivity contribution is 9.10. The summed E-state index contributed by atoms with van der Waals surface area (Å²) in [7, 11) is 0. The molecule has 3 N–H and O–H groups in total. The van der Waals surface area contributed by atoms with Crippen LogP contribution in [0.25, 0.3) is 0 Å². The third-order valence-electron chi connectivity index (χ3n) is 3.36. The van der Waals surface area contributed by atoms with Gasteiger partial charge in [-0.15, -0.1) is 0 Å². The van der Waals surface area contributed by atoms with Crippen molar-refractivity contribution in [3.63, 3.8) is 0 Å². The summed E-state index contributed by atoms with van der Waals surface area (Å²) in [5.41, 5.74) is 6.47. The minimum absolute atomic E-state index is 0.154. The fourth-order valence-corrected chi connectivity index (χ4v) is 2.20. The van der Waals surface area contributed by atoms with Crippen LogP contribution in [0.2, 0.25) is 0 Å². The maximum atomic E-state index is 11.9. The number of rotatable bonds is 3. The summed E-state index contributed by atoms with van der Waals surface area (Å²) in [6, 6.07) is 1.69. The lowest BCUT2D eigenvalue weighted by molar-refractivity contribution is 0.0951. The molecule has 0 bridgehead atoms. The summed E-state index contributed by atoms with van der Waals surface area (Å²) in [6.45, 7) is 5.12. The number of nitrogens with zero attached hydrogens (tertiary/aromatic N) is 1. The molecule has 1 amide bonds. The molecule has 1 aromatic heterocycles. The number of aromatic nitrogens is 1. The second-order valence-electron chi connectivity index (χ2n) is 5.19. The SMILES string of the molecule is CC1(C)CC1CNC(=O)c1cc(Br)cnc1N. The van der Waals surface area contributed by atoms with Crippen molar-refractivity contribution >= 4 is 27.7 Å². The van der Waals surface area contributed by atoms with Crippen LogP contribution >= 0.6 is 15.9 Å². The van der Waals surface area contributed by atoms with Gasteiger partial charge in [-0.25, -0.2) is 4.98 Å². The van der Waals surface area contributed by atoms with Crippen LogP contribution in [0.15, 0.2) is 16.7 Å². The van der Waals surface area contributed by atoms with E-state index < -0.39 is 0 Å². The second kappa shape index (κ2) is 4.29. The molecule has 1 unspecified atom stereocenters. The first kappa shape index (κ1) is 12.4. The number of anilines is 1. The van der Waals surface area contributed by atoms with Crippen LogP contribution in [0.3, 0.4) is 0 Å². The van der Waals surface area contributed by atoms with E-state index in [1.54, 1.807) is 12.3 Å². The molecule has 2 rings (SSSR count). The number of nitrogen functional groups attached to an aromatic ring is 1. The van der Waals surface area contributed by atoms with Gasteiger partial charge in [0.05, 0.1) is 5.56 Å². The average molecular weight is 298 g/mol. The molecule has 5 heteroatoms. The standard InChI is InChI=1S/C12H16BrN3O/c1-12(2)4-7(12)5-16-11(17)9-3-8(13)6-15-10(9)14/h3,6-7H,4-5H2,1-2H3,(H2,14,15)(H,16,17). The molecule has 1 aliphatic carbocycles. The smallest absolute Gasteiger partial charge is 0.255 e. The molecule has 0 spiro atoms. The van der Waals surface area contributed by atoms with Crippen LogP contribution in [0, 0.1) is 11.3 Å². The second-order valence-corrected chi connectivity index (χ2v) is 6.10. The van der Waals surface area contributed by atoms with Gasteiger partial charge in [0.1, 0.15) is 5.82 Å². The van der Waals surface area contributed by atoms with Crippen molar-refractivity contribution in [2.24, 2.45) is 11.3 Å². The van der Waals surface area contributed by atoms with E-state index >= 15 is 0 Å². The molecular weight excluding hydrogens is 282 g/mol. The fraction of sp³-hybridized carbons (Fsp3) is 0.500. The lowest BCUT2D eigenvalue weighted by atomic mass is 10.1. The Kier molecular flexibility index (Phi) is 3.12. The summed E-state index contributed by atoms with van der Waals surface area (Å²) >= 11 is 3.28. The monoisotopic (exact) mass is 297 g/mol. The molecular formula is C12H16BrN3O. The Balaban J connectivity index is 1.98. The van der Waals surface area contributed by atoms with Crippen molar-refractivity contribution in [2.75, 3.05) is 12.3 Å². The lowest BCUT2D eigenvalue weighted by Gasteiger charge is -2.08. The number of halogens is 1. The topological polar surface area (TPSA) is 68.0 Å². The molecule has 1 heterocycles. The number of carbonyl (C=O) groups excluding carboxylic acids is 1. The number of carbonyl (C=O) groups is 1. The molecule has 0 saturated heterocycles. The zero-order chi connectivity index (χ0) is 12.6. The van der Waals surface area contributed by atoms with Crippen molar-refractivity contribution in [3.8, 4) is 0 Å². The molecule has 1 saturated carbocycles. The van der Waals surface area contributed by atoms with Gasteiger partial charge in [0.25, 0.3) is 5.91 Å². The van der Waals surface area contributed by atoms with E-state index in [1.165, 1.54) is 6.42 Å². The molecule has 4 nitrogen and oxygen atoms in total. The highest BCUT2D eigenvalue weighted by Crippen LogP contribution is 2.50.